The SMILES string of the molecule is CCNC(=NCCCOc1ccccc1)NCCCCC(F)(F)F.I. The summed E-state index contributed by atoms with van der Waals surface area (Å²) in [6.07, 6.45) is -3.46. The highest BCUT2D eigenvalue weighted by atomic mass is 127. The largest absolute Gasteiger partial charge is 0.494 e. The molecule has 0 heterocycles. The maximum Gasteiger partial charge on any atom is 0.389 e. The van der Waals surface area contributed by atoms with Gasteiger partial charge in [-0.05, 0) is 31.9 Å². The number of halogens is 4. The van der Waals surface area contributed by atoms with E-state index in [4.69, 9.17) is 4.74 Å². The first-order valence-electron chi connectivity index (χ1n) is 8.28. The number of hydrogen-bond donors (Lipinski definition) is 2. The second kappa shape index (κ2) is 14.0. The second-order valence-electron chi connectivity index (χ2n) is 5.27. The van der Waals surface area contributed by atoms with Crippen molar-refractivity contribution in [2.24, 2.45) is 4.99 Å². The average molecular weight is 473 g/mol. The number of nitrogens with one attached hydrogen (secondary N) is 2. The number of unbranched alkanes of at least 4 members (excludes halogenated alkanes) is 1. The molecule has 0 aliphatic carbocycles. The molecule has 0 amide bonds. The van der Waals surface area contributed by atoms with E-state index >= 15 is 0 Å². The van der Waals surface area contributed by atoms with E-state index in [-0.39, 0.29) is 30.4 Å². The number of nitrogens with zero attached hydrogens (tertiary/aromatic N) is 1. The molecule has 8 heteroatoms. The van der Waals surface area contributed by atoms with E-state index in [1.54, 1.807) is 0 Å². The quantitative estimate of drug-likeness (QED) is 0.230. The number of guanidine groups is 1. The van der Waals surface area contributed by atoms with Crippen LogP contribution in [0.2, 0.25) is 0 Å². The standard InChI is InChI=1S/C17H26F3N3O.HI/c1-2-21-16(22-12-7-6-11-17(18,19)20)23-13-8-14-24-15-9-4-3-5-10-15;/h3-5,9-10H,2,6-8,11-14H2,1H3,(H2,21,22,23);1H. The molecule has 0 aliphatic rings. The van der Waals surface area contributed by atoms with E-state index in [0.717, 1.165) is 12.2 Å². The third-order valence-corrected chi connectivity index (χ3v) is 3.11. The molecule has 0 atom stereocenters. The van der Waals surface area contributed by atoms with Gasteiger partial charge in [-0.25, -0.2) is 0 Å². The van der Waals surface area contributed by atoms with Gasteiger partial charge >= 0.3 is 6.18 Å². The van der Waals surface area contributed by atoms with Crippen LogP contribution >= 0.6 is 24.0 Å². The molecule has 0 fully saturated rings. The van der Waals surface area contributed by atoms with Gasteiger partial charge in [-0.1, -0.05) is 18.2 Å². The van der Waals surface area contributed by atoms with Gasteiger partial charge in [0, 0.05) is 32.5 Å². The van der Waals surface area contributed by atoms with Gasteiger partial charge in [-0.15, -0.1) is 24.0 Å². The summed E-state index contributed by atoms with van der Waals surface area (Å²) in [6.45, 7) is 4.28. The molecule has 25 heavy (non-hydrogen) atoms. The molecular weight excluding hydrogens is 446 g/mol. The first kappa shape index (κ1) is 23.8. The van der Waals surface area contributed by atoms with Crippen LogP contribution in [-0.4, -0.2) is 38.4 Å². The highest BCUT2D eigenvalue weighted by Gasteiger charge is 2.25. The molecule has 0 saturated carbocycles. The van der Waals surface area contributed by atoms with Crippen LogP contribution in [-0.2, 0) is 0 Å². The maximum absolute atomic E-state index is 12.1. The average Bonchev–Trinajstić information content (AvgIpc) is 2.54. The van der Waals surface area contributed by atoms with Crippen molar-refractivity contribution in [1.29, 1.82) is 0 Å². The van der Waals surface area contributed by atoms with Crippen molar-refractivity contribution < 1.29 is 17.9 Å². The van der Waals surface area contributed by atoms with Gasteiger partial charge in [0.25, 0.3) is 0 Å². The van der Waals surface area contributed by atoms with Crippen LogP contribution in [0.4, 0.5) is 13.2 Å². The smallest absolute Gasteiger partial charge is 0.389 e. The molecule has 144 valence electrons. The fraction of sp³-hybridized carbons (Fsp3) is 0.588. The van der Waals surface area contributed by atoms with E-state index in [1.165, 1.54) is 0 Å². The molecule has 0 bridgehead atoms. The number of alkyl halides is 3. The van der Waals surface area contributed by atoms with Crippen molar-refractivity contribution in [3.05, 3.63) is 30.3 Å². The lowest BCUT2D eigenvalue weighted by atomic mass is 10.2. The lowest BCUT2D eigenvalue weighted by Gasteiger charge is -2.12. The number of rotatable bonds is 10. The van der Waals surface area contributed by atoms with E-state index in [9.17, 15) is 13.2 Å². The molecule has 2 N–H and O–H groups in total. The van der Waals surface area contributed by atoms with Crippen LogP contribution in [0.25, 0.3) is 0 Å². The minimum atomic E-state index is -4.07. The number of para-hydroxylation sites is 1. The van der Waals surface area contributed by atoms with Crippen molar-refractivity contribution in [1.82, 2.24) is 10.6 Å². The van der Waals surface area contributed by atoms with Crippen molar-refractivity contribution in [2.75, 3.05) is 26.2 Å². The Morgan fingerprint density at radius 3 is 2.44 bits per heavy atom. The fourth-order valence-electron chi connectivity index (χ4n) is 1.96. The van der Waals surface area contributed by atoms with E-state index in [2.05, 4.69) is 15.6 Å². The van der Waals surface area contributed by atoms with E-state index in [0.29, 0.717) is 38.6 Å². The molecule has 0 aliphatic heterocycles. The molecule has 0 radical (unpaired) electrons. The second-order valence-corrected chi connectivity index (χ2v) is 5.27. The monoisotopic (exact) mass is 473 g/mol. The van der Waals surface area contributed by atoms with Gasteiger partial charge < -0.3 is 15.4 Å². The Kier molecular flexibility index (Phi) is 13.4. The Labute approximate surface area is 164 Å². The molecule has 1 aromatic rings. The first-order chi connectivity index (χ1) is 11.5. The van der Waals surface area contributed by atoms with Gasteiger partial charge in [0.1, 0.15) is 5.75 Å². The molecule has 1 rings (SSSR count). The van der Waals surface area contributed by atoms with E-state index in [1.807, 2.05) is 37.3 Å². The van der Waals surface area contributed by atoms with Gasteiger partial charge in [0.2, 0.25) is 0 Å². The fourth-order valence-corrected chi connectivity index (χ4v) is 1.96. The minimum Gasteiger partial charge on any atom is -0.494 e. The highest BCUT2D eigenvalue weighted by molar-refractivity contribution is 14.0. The summed E-state index contributed by atoms with van der Waals surface area (Å²) in [5.74, 6) is 1.46. The third-order valence-electron chi connectivity index (χ3n) is 3.11. The first-order valence-corrected chi connectivity index (χ1v) is 8.28. The van der Waals surface area contributed by atoms with Gasteiger partial charge in [0.15, 0.2) is 5.96 Å². The minimum absolute atomic E-state index is 0. The number of ether oxygens (including phenoxy) is 1. The summed E-state index contributed by atoms with van der Waals surface area (Å²) in [4.78, 5) is 4.38. The Hall–Kier alpha value is -1.19. The lowest BCUT2D eigenvalue weighted by molar-refractivity contribution is -0.135. The number of hydrogen-bond acceptors (Lipinski definition) is 2. The predicted octanol–water partition coefficient (Wildman–Crippen LogP) is 4.36. The number of aliphatic imine (C=N–C) groups is 1. The zero-order valence-corrected chi connectivity index (χ0v) is 16.8. The normalized spacial score (nSPS) is 11.6. The molecular formula is C17H27F3IN3O. The van der Waals surface area contributed by atoms with Crippen LogP contribution in [0.3, 0.4) is 0 Å². The third kappa shape index (κ3) is 13.7. The zero-order chi connectivity index (χ0) is 17.7. The molecule has 0 spiro atoms. The van der Waals surface area contributed by atoms with Crippen LogP contribution in [0.15, 0.2) is 35.3 Å². The van der Waals surface area contributed by atoms with E-state index < -0.39 is 12.6 Å². The Morgan fingerprint density at radius 1 is 1.08 bits per heavy atom. The zero-order valence-electron chi connectivity index (χ0n) is 14.4. The summed E-state index contributed by atoms with van der Waals surface area (Å²) in [7, 11) is 0. The van der Waals surface area contributed by atoms with Crippen molar-refractivity contribution in [2.45, 2.75) is 38.8 Å². The molecule has 0 aromatic heterocycles. The lowest BCUT2D eigenvalue weighted by Crippen LogP contribution is -2.38. The topological polar surface area (TPSA) is 45.7 Å². The highest BCUT2D eigenvalue weighted by Crippen LogP contribution is 2.21. The molecule has 4 nitrogen and oxygen atoms in total. The molecule has 0 saturated heterocycles. The Bertz CT molecular complexity index is 470. The summed E-state index contributed by atoms with van der Waals surface area (Å²) in [5.41, 5.74) is 0. The summed E-state index contributed by atoms with van der Waals surface area (Å²) >= 11 is 0. The van der Waals surface area contributed by atoms with Crippen molar-refractivity contribution >= 4 is 29.9 Å². The van der Waals surface area contributed by atoms with Gasteiger partial charge in [0.05, 0.1) is 6.61 Å². The Balaban J connectivity index is 0.00000576. The molecule has 1 aromatic carbocycles. The summed E-state index contributed by atoms with van der Waals surface area (Å²) in [6, 6.07) is 9.56. The van der Waals surface area contributed by atoms with Crippen LogP contribution < -0.4 is 15.4 Å². The predicted molar refractivity (Wildman–Crippen MR) is 106 cm³/mol. The summed E-state index contributed by atoms with van der Waals surface area (Å²) < 4.78 is 41.7. The van der Waals surface area contributed by atoms with Crippen LogP contribution in [0.1, 0.15) is 32.6 Å². The van der Waals surface area contributed by atoms with Crippen molar-refractivity contribution in [3.8, 4) is 5.75 Å². The van der Waals surface area contributed by atoms with Crippen LogP contribution in [0.5, 0.6) is 5.75 Å². The number of benzene rings is 1. The van der Waals surface area contributed by atoms with Crippen molar-refractivity contribution in [3.63, 3.8) is 0 Å². The molecule has 0 unspecified atom stereocenters. The maximum atomic E-state index is 12.1. The Morgan fingerprint density at radius 2 is 1.80 bits per heavy atom. The van der Waals surface area contributed by atoms with Crippen LogP contribution in [0, 0.1) is 0 Å². The van der Waals surface area contributed by atoms with Gasteiger partial charge in [-0.2, -0.15) is 13.2 Å². The van der Waals surface area contributed by atoms with Gasteiger partial charge in [-0.3, -0.25) is 4.99 Å². The summed E-state index contributed by atoms with van der Waals surface area (Å²) in [5, 5.41) is 6.12.